The highest BCUT2D eigenvalue weighted by atomic mass is 16.5. The molecule has 1 aliphatic carbocycles. The summed E-state index contributed by atoms with van der Waals surface area (Å²) in [5, 5.41) is 13.2. The molecule has 3 heterocycles. The number of methoxy groups -OCH3 is 3. The molecule has 0 unspecified atom stereocenters. The molecule has 0 bridgehead atoms. The van der Waals surface area contributed by atoms with Crippen LogP contribution in [0.4, 0.5) is 5.95 Å². The van der Waals surface area contributed by atoms with Gasteiger partial charge in [0.2, 0.25) is 5.95 Å². The largest absolute Gasteiger partial charge is 0.497 e. The van der Waals surface area contributed by atoms with E-state index < -0.39 is 11.5 Å². The molecule has 5 aromatic rings. The first-order chi connectivity index (χ1) is 22.4. The number of nitrogens with zero attached hydrogens (tertiary/aromatic N) is 8. The number of azide groups is 1. The molecule has 0 spiro atoms. The van der Waals surface area contributed by atoms with Gasteiger partial charge in [-0.05, 0) is 60.7 Å². The fraction of sp³-hybridized carbons (Fsp3) is 0.344. The van der Waals surface area contributed by atoms with Gasteiger partial charge >= 0.3 is 5.97 Å². The zero-order valence-corrected chi connectivity index (χ0v) is 25.9. The van der Waals surface area contributed by atoms with Crippen molar-refractivity contribution in [2.45, 2.75) is 44.2 Å². The Balaban J connectivity index is 1.32. The molecule has 0 amide bonds. The molecule has 14 nitrogen and oxygen atoms in total. The molecule has 1 fully saturated rings. The van der Waals surface area contributed by atoms with Crippen LogP contribution in [0.1, 0.15) is 59.5 Å². The van der Waals surface area contributed by atoms with Crippen molar-refractivity contribution in [3.8, 4) is 17.2 Å². The summed E-state index contributed by atoms with van der Waals surface area (Å²) in [5.74, 6) is 2.45. The van der Waals surface area contributed by atoms with Gasteiger partial charge in [-0.3, -0.25) is 0 Å². The number of para-hydroxylation sites is 1. The van der Waals surface area contributed by atoms with E-state index in [1.807, 2.05) is 43.3 Å². The first kappa shape index (κ1) is 30.4. The van der Waals surface area contributed by atoms with Crippen LogP contribution in [0.3, 0.4) is 0 Å². The van der Waals surface area contributed by atoms with Crippen molar-refractivity contribution in [1.29, 1.82) is 0 Å². The number of rotatable bonds is 12. The monoisotopic (exact) mass is 623 g/mol. The average molecular weight is 624 g/mol. The fourth-order valence-corrected chi connectivity index (χ4v) is 5.70. The van der Waals surface area contributed by atoms with Crippen LogP contribution in [0, 0.1) is 0 Å². The van der Waals surface area contributed by atoms with E-state index in [0.717, 1.165) is 17.4 Å². The number of benzene rings is 2. The highest BCUT2D eigenvalue weighted by molar-refractivity contribution is 5.96. The van der Waals surface area contributed by atoms with Gasteiger partial charge in [0.1, 0.15) is 28.5 Å². The van der Waals surface area contributed by atoms with E-state index >= 15 is 0 Å². The van der Waals surface area contributed by atoms with Gasteiger partial charge in [-0.2, -0.15) is 4.52 Å². The van der Waals surface area contributed by atoms with Crippen molar-refractivity contribution in [1.82, 2.24) is 24.6 Å². The predicted octanol–water partition coefficient (Wildman–Crippen LogP) is 5.96. The molecular formula is C32H33N9O5. The van der Waals surface area contributed by atoms with Gasteiger partial charge in [0.05, 0.1) is 33.5 Å². The van der Waals surface area contributed by atoms with E-state index in [1.54, 1.807) is 44.2 Å². The molecule has 0 atom stereocenters. The van der Waals surface area contributed by atoms with E-state index in [9.17, 15) is 10.3 Å². The molecule has 2 aromatic carbocycles. The summed E-state index contributed by atoms with van der Waals surface area (Å²) in [6.45, 7) is 2.64. The number of carbonyl (C=O) groups excluding carboxylic acids is 1. The standard InChI is InChI=1S/C32H33N9O5/c1-5-13-46-30(42)24-12-10-21(18-34-24)32(39-40-33)15-20(16-32)28-37-29-23-7-6-8-25(44-3)27(23)36-31(41(29)38-28)35-17-19-9-11-22(43-2)14-26(19)45-4/h6-12,14,18,20H,5,13,15-17H2,1-4H3,(H,35,36). The minimum absolute atomic E-state index is 0.102. The van der Waals surface area contributed by atoms with Gasteiger partial charge in [-0.1, -0.05) is 24.2 Å². The third-order valence-electron chi connectivity index (χ3n) is 8.15. The van der Waals surface area contributed by atoms with Crippen LogP contribution in [0.2, 0.25) is 0 Å². The van der Waals surface area contributed by atoms with E-state index in [-0.39, 0.29) is 11.6 Å². The Morgan fingerprint density at radius 1 is 1.09 bits per heavy atom. The van der Waals surface area contributed by atoms with Crippen molar-refractivity contribution in [2.75, 3.05) is 33.3 Å². The number of nitrogens with one attached hydrogen (secondary N) is 1. The van der Waals surface area contributed by atoms with Gasteiger partial charge in [0, 0.05) is 40.6 Å². The molecule has 1 N–H and O–H groups in total. The van der Waals surface area contributed by atoms with Crippen molar-refractivity contribution < 1.29 is 23.7 Å². The van der Waals surface area contributed by atoms with Crippen molar-refractivity contribution in [3.63, 3.8) is 0 Å². The maximum Gasteiger partial charge on any atom is 0.356 e. The molecule has 46 heavy (non-hydrogen) atoms. The number of anilines is 1. The smallest absolute Gasteiger partial charge is 0.356 e. The summed E-state index contributed by atoms with van der Waals surface area (Å²) in [5.41, 5.74) is 11.7. The molecule has 6 rings (SSSR count). The number of carbonyl (C=O) groups is 1. The molecule has 236 valence electrons. The predicted molar refractivity (Wildman–Crippen MR) is 169 cm³/mol. The third-order valence-corrected chi connectivity index (χ3v) is 8.15. The zero-order chi connectivity index (χ0) is 32.3. The Kier molecular flexibility index (Phi) is 8.45. The number of hydrogen-bond donors (Lipinski definition) is 1. The Hall–Kier alpha value is -5.62. The van der Waals surface area contributed by atoms with Crippen LogP contribution < -0.4 is 19.5 Å². The van der Waals surface area contributed by atoms with Crippen molar-refractivity contribution in [3.05, 3.63) is 87.8 Å². The van der Waals surface area contributed by atoms with E-state index in [4.69, 9.17) is 34.0 Å². The summed E-state index contributed by atoms with van der Waals surface area (Å²) >= 11 is 0. The summed E-state index contributed by atoms with van der Waals surface area (Å²) < 4.78 is 23.4. The second-order valence-corrected chi connectivity index (χ2v) is 10.9. The normalized spacial score (nSPS) is 17.2. The van der Waals surface area contributed by atoms with Crippen LogP contribution in [0.25, 0.3) is 27.0 Å². The lowest BCUT2D eigenvalue weighted by Crippen LogP contribution is -2.38. The van der Waals surface area contributed by atoms with Gasteiger partial charge in [-0.25, -0.2) is 19.7 Å². The van der Waals surface area contributed by atoms with Crippen molar-refractivity contribution in [2.24, 2.45) is 5.11 Å². The van der Waals surface area contributed by atoms with Crippen LogP contribution in [0.5, 0.6) is 17.2 Å². The molecule has 0 aliphatic heterocycles. The summed E-state index contributed by atoms with van der Waals surface area (Å²) in [6, 6.07) is 14.6. The molecule has 1 aliphatic rings. The summed E-state index contributed by atoms with van der Waals surface area (Å²) in [7, 11) is 4.82. The van der Waals surface area contributed by atoms with Crippen LogP contribution in [0.15, 0.2) is 59.8 Å². The Morgan fingerprint density at radius 3 is 2.61 bits per heavy atom. The number of fused-ring (bicyclic) bond motifs is 3. The highest BCUT2D eigenvalue weighted by Crippen LogP contribution is 2.53. The van der Waals surface area contributed by atoms with Crippen LogP contribution >= 0.6 is 0 Å². The van der Waals surface area contributed by atoms with Gasteiger partial charge in [0.15, 0.2) is 11.5 Å². The van der Waals surface area contributed by atoms with Crippen LogP contribution in [-0.2, 0) is 16.8 Å². The molecule has 0 radical (unpaired) electrons. The van der Waals surface area contributed by atoms with Gasteiger partial charge in [-0.15, -0.1) is 5.10 Å². The quantitative estimate of drug-likeness (QED) is 0.0756. The SMILES string of the molecule is CCCOC(=O)c1ccc(C2(N=[N+]=[N-])CC(c3nc4c5cccc(OC)c5nc(NCc5ccc(OC)cc5OC)n4n3)C2)cn1. The maximum absolute atomic E-state index is 12.2. The van der Waals surface area contributed by atoms with Crippen molar-refractivity contribution >= 4 is 28.5 Å². The van der Waals surface area contributed by atoms with E-state index in [2.05, 4.69) is 20.3 Å². The second kappa shape index (κ2) is 12.8. The third kappa shape index (κ3) is 5.54. The lowest BCUT2D eigenvalue weighted by atomic mass is 9.65. The number of hydrogen-bond acceptors (Lipinski definition) is 11. The minimum atomic E-state index is -0.842. The number of aromatic nitrogens is 5. The maximum atomic E-state index is 12.2. The summed E-state index contributed by atoms with van der Waals surface area (Å²) in [6.07, 6.45) is 3.23. The topological polar surface area (TPSA) is 171 Å². The fourth-order valence-electron chi connectivity index (χ4n) is 5.70. The van der Waals surface area contributed by atoms with Gasteiger partial charge in [0.25, 0.3) is 0 Å². The first-order valence-corrected chi connectivity index (χ1v) is 14.8. The molecule has 3 aromatic heterocycles. The average Bonchev–Trinajstić information content (AvgIpc) is 3.53. The molecule has 0 saturated heterocycles. The number of ether oxygens (including phenoxy) is 4. The zero-order valence-electron chi connectivity index (χ0n) is 25.9. The Bertz CT molecular complexity index is 1950. The number of esters is 1. The first-order valence-electron chi connectivity index (χ1n) is 14.8. The van der Waals surface area contributed by atoms with Gasteiger partial charge < -0.3 is 24.3 Å². The Labute approximate surface area is 264 Å². The van der Waals surface area contributed by atoms with E-state index in [1.165, 1.54) is 0 Å². The molecule has 14 heteroatoms. The molecular weight excluding hydrogens is 590 g/mol. The lowest BCUT2D eigenvalue weighted by molar-refractivity contribution is 0.0498. The van der Waals surface area contributed by atoms with Crippen LogP contribution in [-0.4, -0.2) is 58.5 Å². The number of pyridine rings is 1. The highest BCUT2D eigenvalue weighted by Gasteiger charge is 2.48. The molecule has 1 saturated carbocycles. The Morgan fingerprint density at radius 2 is 1.91 bits per heavy atom. The second-order valence-electron chi connectivity index (χ2n) is 10.9. The van der Waals surface area contributed by atoms with E-state index in [0.29, 0.717) is 71.7 Å². The summed E-state index contributed by atoms with van der Waals surface area (Å²) in [4.78, 5) is 29.5. The minimum Gasteiger partial charge on any atom is -0.497 e. The lowest BCUT2D eigenvalue weighted by Gasteiger charge is -2.43.